The third-order valence-electron chi connectivity index (χ3n) is 17.3. The van der Waals surface area contributed by atoms with Crippen LogP contribution in [0.1, 0.15) is 335 Å². The van der Waals surface area contributed by atoms with Gasteiger partial charge in [0, 0.05) is 12.8 Å². The Kier molecular flexibility index (Phi) is 74.6. The van der Waals surface area contributed by atoms with Gasteiger partial charge in [-0.05, 0) is 128 Å². The third-order valence-corrected chi connectivity index (χ3v) is 17.3. The predicted octanol–water partition coefficient (Wildman–Crippen LogP) is 26.4. The van der Waals surface area contributed by atoms with Crippen LogP contribution in [0.4, 0.5) is 0 Å². The van der Waals surface area contributed by atoms with Gasteiger partial charge in [0.05, 0.1) is 34.4 Å². The number of aliphatic carboxylic acids is 1. The fraction of sp³-hybridized carbons (Fsp3) is 0.678. The minimum Gasteiger partial charge on any atom is -0.477 e. The summed E-state index contributed by atoms with van der Waals surface area (Å²) in [5.74, 6) is -2.07. The van der Waals surface area contributed by atoms with Crippen LogP contribution in [0.3, 0.4) is 0 Å². The van der Waals surface area contributed by atoms with Crippen molar-refractivity contribution in [2.45, 2.75) is 347 Å². The zero-order valence-electron chi connectivity index (χ0n) is 64.6. The Morgan fingerprint density at radius 1 is 0.313 bits per heavy atom. The summed E-state index contributed by atoms with van der Waals surface area (Å²) >= 11 is 0. The maximum Gasteiger partial charge on any atom is 0.361 e. The molecule has 0 bridgehead atoms. The van der Waals surface area contributed by atoms with Gasteiger partial charge in [0.25, 0.3) is 6.29 Å². The number of likely N-dealkylation sites (N-methyl/N-ethyl adjacent to an activating group) is 1. The van der Waals surface area contributed by atoms with Gasteiger partial charge in [-0.15, -0.1) is 0 Å². The van der Waals surface area contributed by atoms with Crippen molar-refractivity contribution in [2.75, 3.05) is 47.5 Å². The van der Waals surface area contributed by atoms with E-state index in [9.17, 15) is 19.5 Å². The second kappa shape index (κ2) is 78.6. The third kappa shape index (κ3) is 80.1. The number of carbonyl (C=O) groups excluding carboxylic acids is 2. The van der Waals surface area contributed by atoms with E-state index in [1.54, 1.807) is 0 Å². The monoisotopic (exact) mass is 1380 g/mol. The van der Waals surface area contributed by atoms with Crippen LogP contribution in [-0.4, -0.2) is 87.4 Å². The number of ether oxygens (including phenoxy) is 4. The van der Waals surface area contributed by atoms with Crippen molar-refractivity contribution in [2.24, 2.45) is 0 Å². The fourth-order valence-electron chi connectivity index (χ4n) is 11.1. The van der Waals surface area contributed by atoms with Crippen LogP contribution in [0.15, 0.2) is 158 Å². The van der Waals surface area contributed by atoms with Gasteiger partial charge in [0.2, 0.25) is 0 Å². The van der Waals surface area contributed by atoms with Gasteiger partial charge in [0.15, 0.2) is 6.10 Å². The normalized spacial score (nSPS) is 13.5. The summed E-state index contributed by atoms with van der Waals surface area (Å²) in [7, 11) is 5.96. The summed E-state index contributed by atoms with van der Waals surface area (Å²) in [5, 5.41) is 9.77. The van der Waals surface area contributed by atoms with Gasteiger partial charge in [-0.1, -0.05) is 352 Å². The highest BCUT2D eigenvalue weighted by Gasteiger charge is 2.25. The minimum absolute atomic E-state index is 0.172. The lowest BCUT2D eigenvalue weighted by molar-refractivity contribution is -0.870. The van der Waals surface area contributed by atoms with Crippen molar-refractivity contribution in [3.05, 3.63) is 158 Å². The predicted molar refractivity (Wildman–Crippen MR) is 428 cm³/mol. The molecule has 2 unspecified atom stereocenters. The molecule has 99 heavy (non-hydrogen) atoms. The van der Waals surface area contributed by atoms with Gasteiger partial charge in [-0.2, -0.15) is 0 Å². The lowest BCUT2D eigenvalue weighted by atomic mass is 10.0. The molecule has 0 fully saturated rings. The Bertz CT molecular complexity index is 2200. The lowest BCUT2D eigenvalue weighted by Gasteiger charge is -2.25. The molecule has 9 nitrogen and oxygen atoms in total. The molecule has 0 amide bonds. The zero-order valence-corrected chi connectivity index (χ0v) is 64.6. The summed E-state index contributed by atoms with van der Waals surface area (Å²) in [5.41, 5.74) is 0. The van der Waals surface area contributed by atoms with Crippen LogP contribution in [0, 0.1) is 0 Å². The topological polar surface area (TPSA) is 108 Å². The number of esters is 2. The maximum absolute atomic E-state index is 13.0. The molecule has 0 heterocycles. The Morgan fingerprint density at radius 2 is 0.576 bits per heavy atom. The SMILES string of the molecule is CC/C=C\C/C=C\C/C=C\C/C=C\C/C=C\C/C=C\C/C=C\C/C=C\C/C=C\C/C=C\C/C=C\C/C=C\CCCCC(=O)OC(COC(=O)CCCCCCCCCCCCCCCCCCCCCCCCC/C=C\CCCCCCCCCC)COC(OCC[N+](C)(C)C)C(=O)O. The van der Waals surface area contributed by atoms with E-state index in [1.807, 2.05) is 21.1 Å². The van der Waals surface area contributed by atoms with Gasteiger partial charge < -0.3 is 28.5 Å². The number of allylic oxidation sites excluding steroid dienone is 26. The van der Waals surface area contributed by atoms with E-state index in [0.29, 0.717) is 17.4 Å². The fourth-order valence-corrected chi connectivity index (χ4v) is 11.1. The standard InChI is InChI=1S/C90H151NO8/c1-6-8-10-12-14-16-18-20-22-24-26-28-30-32-34-36-38-40-42-43-44-45-47-49-51-53-55-57-59-61-63-65-67-69-71-73-75-77-79-81-88(93)99-86(85-98-90(89(94)95)96-83-82-91(3,4)5)84-97-87(92)80-78-76-74-72-70-68-66-64-62-60-58-56-54-52-50-48-46-41-39-37-35-33-31-29-27-25-23-21-19-17-15-13-11-9-7-2/h8,10,14,16,20,22,25-28,32,34,38,40,43-44,47,49,53,55,59,61,65,67,71,73,86,90H,6-7,9,11-13,15,17-19,21,23-24,29-31,33,35-37,39,41-42,45-46,48,50-52,54,56-58,60,62-64,66,68-70,72,74-85H2,1-5H3/p+1/b10-8-,16-14-,22-20-,27-25-,28-26-,34-32-,40-38-,44-43-,49-47-,55-53-,61-59-,67-65-,73-71-. The first-order valence-corrected chi connectivity index (χ1v) is 40.6. The molecule has 2 atom stereocenters. The van der Waals surface area contributed by atoms with Gasteiger partial charge in [-0.25, -0.2) is 4.79 Å². The highest BCUT2D eigenvalue weighted by Crippen LogP contribution is 2.18. The number of hydrogen-bond acceptors (Lipinski definition) is 7. The van der Waals surface area contributed by atoms with Crippen LogP contribution in [0.5, 0.6) is 0 Å². The Labute approximate surface area is 610 Å². The molecule has 1 N–H and O–H groups in total. The number of carbonyl (C=O) groups is 3. The van der Waals surface area contributed by atoms with Crippen molar-refractivity contribution in [1.29, 1.82) is 0 Å². The van der Waals surface area contributed by atoms with Gasteiger partial charge >= 0.3 is 17.9 Å². The molecule has 0 aliphatic carbocycles. The van der Waals surface area contributed by atoms with Crippen molar-refractivity contribution >= 4 is 17.9 Å². The smallest absolute Gasteiger partial charge is 0.361 e. The molecule has 0 rings (SSSR count). The molecule has 564 valence electrons. The average molecular weight is 1380 g/mol. The number of carboxylic acids is 1. The summed E-state index contributed by atoms with van der Waals surface area (Å²) in [6.07, 6.45) is 114. The van der Waals surface area contributed by atoms with Gasteiger partial charge in [-0.3, -0.25) is 9.59 Å². The van der Waals surface area contributed by atoms with Crippen LogP contribution in [-0.2, 0) is 33.3 Å². The Morgan fingerprint density at radius 3 is 0.889 bits per heavy atom. The molecule has 0 radical (unpaired) electrons. The van der Waals surface area contributed by atoms with Crippen LogP contribution < -0.4 is 0 Å². The van der Waals surface area contributed by atoms with E-state index < -0.39 is 24.3 Å². The number of unbranched alkanes of at least 4 members (excludes halogenated alkanes) is 33. The first-order valence-electron chi connectivity index (χ1n) is 40.6. The molecule has 0 saturated heterocycles. The van der Waals surface area contributed by atoms with E-state index in [-0.39, 0.29) is 38.6 Å². The molecule has 0 aliphatic rings. The first-order chi connectivity index (χ1) is 48.6. The molecule has 0 aromatic rings. The molecule has 9 heteroatoms. The maximum atomic E-state index is 13.0. The average Bonchev–Trinajstić information content (AvgIpc) is 1.14. The van der Waals surface area contributed by atoms with Crippen molar-refractivity contribution in [1.82, 2.24) is 0 Å². The summed E-state index contributed by atoms with van der Waals surface area (Å²) in [6, 6.07) is 0. The number of quaternary nitrogens is 1. The quantitative estimate of drug-likeness (QED) is 0.0211. The van der Waals surface area contributed by atoms with E-state index in [4.69, 9.17) is 18.9 Å². The van der Waals surface area contributed by atoms with Crippen LogP contribution in [0.2, 0.25) is 0 Å². The molecule has 0 aliphatic heterocycles. The van der Waals surface area contributed by atoms with E-state index >= 15 is 0 Å². The molecule has 0 saturated carbocycles. The number of rotatable bonds is 74. The molecular weight excluding hydrogens is 1220 g/mol. The van der Waals surface area contributed by atoms with E-state index in [0.717, 1.165) is 109 Å². The number of carboxylic acid groups (broad SMARTS) is 1. The highest BCUT2D eigenvalue weighted by molar-refractivity contribution is 5.71. The van der Waals surface area contributed by atoms with Crippen molar-refractivity contribution < 1.29 is 42.9 Å². The zero-order chi connectivity index (χ0) is 71.8. The summed E-state index contributed by atoms with van der Waals surface area (Å²) in [4.78, 5) is 37.7. The number of nitrogens with zero attached hydrogens (tertiary/aromatic N) is 1. The van der Waals surface area contributed by atoms with Crippen LogP contribution in [0.25, 0.3) is 0 Å². The highest BCUT2D eigenvalue weighted by atomic mass is 16.7. The second-order valence-electron chi connectivity index (χ2n) is 28.0. The lowest BCUT2D eigenvalue weighted by Crippen LogP contribution is -2.40. The van der Waals surface area contributed by atoms with E-state index in [2.05, 4.69) is 172 Å². The van der Waals surface area contributed by atoms with E-state index in [1.165, 1.54) is 193 Å². The first kappa shape index (κ1) is 93.9. The molecule has 0 aromatic carbocycles. The number of hydrogen-bond donors (Lipinski definition) is 1. The Balaban J connectivity index is 4.15. The Hall–Kier alpha value is -5.09. The van der Waals surface area contributed by atoms with Crippen molar-refractivity contribution in [3.63, 3.8) is 0 Å². The summed E-state index contributed by atoms with van der Waals surface area (Å²) < 4.78 is 23.0. The van der Waals surface area contributed by atoms with Crippen LogP contribution >= 0.6 is 0 Å². The largest absolute Gasteiger partial charge is 0.477 e. The second-order valence-corrected chi connectivity index (χ2v) is 28.0. The van der Waals surface area contributed by atoms with Gasteiger partial charge in [0.1, 0.15) is 13.2 Å². The van der Waals surface area contributed by atoms with Crippen molar-refractivity contribution in [3.8, 4) is 0 Å². The summed E-state index contributed by atoms with van der Waals surface area (Å²) in [6.45, 7) is 4.73. The molecule has 0 aromatic heterocycles. The molecular formula is C90H152NO8+. The minimum atomic E-state index is -1.53. The molecule has 0 spiro atoms.